The number of nitrogens with one attached hydrogen (secondary N) is 1. The Bertz CT molecular complexity index is 911. The molecular formula is C19H16Cl2N2O2. The van der Waals surface area contributed by atoms with Crippen molar-refractivity contribution in [3.8, 4) is 0 Å². The topological polar surface area (TPSA) is 49.4 Å². The van der Waals surface area contributed by atoms with Crippen molar-refractivity contribution in [2.45, 2.75) is 25.7 Å². The Balaban J connectivity index is 1.70. The van der Waals surface area contributed by atoms with E-state index in [1.165, 1.54) is 0 Å². The van der Waals surface area contributed by atoms with Gasteiger partial charge >= 0.3 is 0 Å². The first kappa shape index (κ1) is 16.4. The number of aryl methyl sites for hydroxylation is 1. The minimum Gasteiger partial charge on any atom is -0.322 e. The zero-order valence-electron chi connectivity index (χ0n) is 13.6. The Kier molecular flexibility index (Phi) is 3.97. The number of benzene rings is 2. The average Bonchev–Trinajstić information content (AvgIpc) is 2.84. The van der Waals surface area contributed by atoms with Crippen LogP contribution in [-0.4, -0.2) is 18.4 Å². The number of carbonyl (C=O) groups excluding carboxylic acids is 2. The Morgan fingerprint density at radius 3 is 2.84 bits per heavy atom. The van der Waals surface area contributed by atoms with Gasteiger partial charge in [0.15, 0.2) is 0 Å². The van der Waals surface area contributed by atoms with Crippen LogP contribution in [0.5, 0.6) is 0 Å². The maximum atomic E-state index is 12.6. The zero-order valence-corrected chi connectivity index (χ0v) is 15.1. The smallest absolute Gasteiger partial charge is 0.257 e. The number of rotatable bonds is 2. The summed E-state index contributed by atoms with van der Waals surface area (Å²) in [5.41, 5.74) is 4.12. The number of amides is 2. The van der Waals surface area contributed by atoms with Crippen LogP contribution in [0.15, 0.2) is 30.3 Å². The first-order valence-electron chi connectivity index (χ1n) is 8.20. The van der Waals surface area contributed by atoms with Gasteiger partial charge in [0.25, 0.3) is 5.91 Å². The first-order chi connectivity index (χ1) is 12.0. The van der Waals surface area contributed by atoms with Crippen molar-refractivity contribution in [3.63, 3.8) is 0 Å². The van der Waals surface area contributed by atoms with Crippen LogP contribution in [0.4, 0.5) is 11.4 Å². The minimum absolute atomic E-state index is 0.136. The molecule has 0 spiro atoms. The molecule has 4 nitrogen and oxygen atoms in total. The average molecular weight is 375 g/mol. The third kappa shape index (κ3) is 2.70. The summed E-state index contributed by atoms with van der Waals surface area (Å²) in [5, 5.41) is 3.69. The number of anilines is 2. The molecule has 1 atom stereocenters. The highest BCUT2D eigenvalue weighted by Gasteiger charge is 2.37. The lowest BCUT2D eigenvalue weighted by molar-refractivity contribution is -0.119. The number of halogens is 2. The van der Waals surface area contributed by atoms with E-state index in [4.69, 9.17) is 23.2 Å². The molecule has 2 heterocycles. The second-order valence-corrected chi connectivity index (χ2v) is 7.31. The van der Waals surface area contributed by atoms with E-state index in [9.17, 15) is 9.59 Å². The maximum absolute atomic E-state index is 12.6. The summed E-state index contributed by atoms with van der Waals surface area (Å²) < 4.78 is 0. The fraction of sp³-hybridized carbons (Fsp3) is 0.263. The second kappa shape index (κ2) is 6.04. The third-order valence-electron chi connectivity index (χ3n) is 4.85. The molecule has 0 bridgehead atoms. The quantitative estimate of drug-likeness (QED) is 0.831. The highest BCUT2D eigenvalue weighted by Crippen LogP contribution is 2.44. The molecule has 6 heteroatoms. The van der Waals surface area contributed by atoms with Crippen molar-refractivity contribution >= 4 is 46.4 Å². The van der Waals surface area contributed by atoms with Crippen LogP contribution in [0.2, 0.25) is 10.0 Å². The van der Waals surface area contributed by atoms with E-state index in [0.29, 0.717) is 21.3 Å². The zero-order chi connectivity index (χ0) is 17.7. The number of carbonyl (C=O) groups is 2. The van der Waals surface area contributed by atoms with Gasteiger partial charge < -0.3 is 10.2 Å². The van der Waals surface area contributed by atoms with Gasteiger partial charge in [0.2, 0.25) is 5.91 Å². The molecule has 128 valence electrons. The van der Waals surface area contributed by atoms with Gasteiger partial charge in [-0.2, -0.15) is 0 Å². The molecule has 0 unspecified atom stereocenters. The summed E-state index contributed by atoms with van der Waals surface area (Å²) in [6, 6.07) is 8.63. The molecule has 1 N–H and O–H groups in total. The minimum atomic E-state index is -0.315. The van der Waals surface area contributed by atoms with Gasteiger partial charge in [-0.25, -0.2) is 0 Å². The van der Waals surface area contributed by atoms with Crippen LogP contribution in [0.25, 0.3) is 0 Å². The van der Waals surface area contributed by atoms with Gasteiger partial charge in [-0.05, 0) is 61.2 Å². The monoisotopic (exact) mass is 374 g/mol. The van der Waals surface area contributed by atoms with Crippen LogP contribution in [-0.2, 0) is 11.2 Å². The van der Waals surface area contributed by atoms with E-state index in [2.05, 4.69) is 5.32 Å². The predicted molar refractivity (Wildman–Crippen MR) is 99.9 cm³/mol. The summed E-state index contributed by atoms with van der Waals surface area (Å²) in [7, 11) is 0. The van der Waals surface area contributed by atoms with Crippen molar-refractivity contribution in [1.29, 1.82) is 0 Å². The lowest BCUT2D eigenvalue weighted by Gasteiger charge is -2.26. The van der Waals surface area contributed by atoms with Gasteiger partial charge in [0.1, 0.15) is 0 Å². The largest absolute Gasteiger partial charge is 0.322 e. The van der Waals surface area contributed by atoms with Crippen LogP contribution in [0.1, 0.15) is 40.7 Å². The normalized spacial score (nSPS) is 18.3. The summed E-state index contributed by atoms with van der Waals surface area (Å²) in [5.74, 6) is -0.361. The maximum Gasteiger partial charge on any atom is 0.257 e. The Hall–Kier alpha value is -2.04. The van der Waals surface area contributed by atoms with E-state index in [-0.39, 0.29) is 17.7 Å². The molecule has 2 aliphatic heterocycles. The summed E-state index contributed by atoms with van der Waals surface area (Å²) in [4.78, 5) is 26.9. The van der Waals surface area contributed by atoms with Gasteiger partial charge in [0, 0.05) is 17.3 Å². The number of hydrogen-bond acceptors (Lipinski definition) is 2. The van der Waals surface area contributed by atoms with Gasteiger partial charge in [-0.3, -0.25) is 9.59 Å². The summed E-state index contributed by atoms with van der Waals surface area (Å²) >= 11 is 12.1. The molecule has 0 radical (unpaired) electrons. The Morgan fingerprint density at radius 2 is 2.04 bits per heavy atom. The number of nitrogens with zero attached hydrogens (tertiary/aromatic N) is 1. The van der Waals surface area contributed by atoms with E-state index in [1.54, 1.807) is 18.2 Å². The van der Waals surface area contributed by atoms with Crippen molar-refractivity contribution < 1.29 is 9.59 Å². The lowest BCUT2D eigenvalue weighted by Crippen LogP contribution is -2.32. The van der Waals surface area contributed by atoms with Gasteiger partial charge in [0.05, 0.1) is 22.2 Å². The van der Waals surface area contributed by atoms with Crippen molar-refractivity contribution in [2.24, 2.45) is 0 Å². The van der Waals surface area contributed by atoms with Crippen molar-refractivity contribution in [3.05, 3.63) is 57.1 Å². The van der Waals surface area contributed by atoms with Gasteiger partial charge in [-0.1, -0.05) is 23.2 Å². The molecule has 2 aromatic rings. The van der Waals surface area contributed by atoms with Crippen molar-refractivity contribution in [1.82, 2.24) is 0 Å². The fourth-order valence-electron chi connectivity index (χ4n) is 3.64. The second-order valence-electron chi connectivity index (χ2n) is 6.47. The highest BCUT2D eigenvalue weighted by molar-refractivity contribution is 6.36. The van der Waals surface area contributed by atoms with Crippen molar-refractivity contribution in [2.75, 3.05) is 16.8 Å². The molecule has 2 amide bonds. The molecule has 0 aliphatic carbocycles. The lowest BCUT2D eigenvalue weighted by atomic mass is 9.96. The van der Waals surface area contributed by atoms with E-state index in [1.807, 2.05) is 24.0 Å². The SMILES string of the molecule is C[C@H]1C(=O)N2CCCc3cc(NC(=O)c4cc(Cl)ccc4Cl)cc1c32. The molecule has 0 saturated heterocycles. The Labute approximate surface area is 155 Å². The van der Waals surface area contributed by atoms with Crippen LogP contribution < -0.4 is 10.2 Å². The van der Waals surface area contributed by atoms with E-state index in [0.717, 1.165) is 36.2 Å². The molecule has 2 aromatic carbocycles. The molecule has 0 fully saturated rings. The van der Waals surface area contributed by atoms with Crippen LogP contribution >= 0.6 is 23.2 Å². The summed E-state index contributed by atoms with van der Waals surface area (Å²) in [6.07, 6.45) is 1.84. The first-order valence-corrected chi connectivity index (χ1v) is 8.96. The summed E-state index contributed by atoms with van der Waals surface area (Å²) in [6.45, 7) is 2.68. The van der Waals surface area contributed by atoms with E-state index < -0.39 is 0 Å². The number of hydrogen-bond donors (Lipinski definition) is 1. The molecule has 0 saturated carbocycles. The highest BCUT2D eigenvalue weighted by atomic mass is 35.5. The van der Waals surface area contributed by atoms with Crippen LogP contribution in [0.3, 0.4) is 0 Å². The third-order valence-corrected chi connectivity index (χ3v) is 5.41. The molecule has 4 rings (SSSR count). The predicted octanol–water partition coefficient (Wildman–Crippen LogP) is 4.64. The van der Waals surface area contributed by atoms with Crippen LogP contribution in [0, 0.1) is 0 Å². The molecule has 25 heavy (non-hydrogen) atoms. The van der Waals surface area contributed by atoms with Gasteiger partial charge in [-0.15, -0.1) is 0 Å². The molecule has 0 aromatic heterocycles. The standard InChI is InChI=1S/C19H16Cl2N2O2/c1-10-14-9-13(7-11-3-2-6-23(17(11)14)19(10)25)22-18(24)15-8-12(20)4-5-16(15)21/h4-5,7-10H,2-3,6H2,1H3,(H,22,24)/t10-/m1/s1. The molecular weight excluding hydrogens is 359 g/mol. The molecule has 2 aliphatic rings. The fourth-order valence-corrected chi connectivity index (χ4v) is 4.01. The Morgan fingerprint density at radius 1 is 1.24 bits per heavy atom. The van der Waals surface area contributed by atoms with E-state index >= 15 is 0 Å².